The summed E-state index contributed by atoms with van der Waals surface area (Å²) in [5.74, 6) is -0.397. The summed E-state index contributed by atoms with van der Waals surface area (Å²) in [6.45, 7) is 2.77. The summed E-state index contributed by atoms with van der Waals surface area (Å²) in [6.07, 6.45) is 0. The topological polar surface area (TPSA) is 85.2 Å². The van der Waals surface area contributed by atoms with Crippen molar-refractivity contribution in [3.63, 3.8) is 0 Å². The normalized spacial score (nSPS) is 10.7. The van der Waals surface area contributed by atoms with Gasteiger partial charge in [-0.05, 0) is 37.3 Å². The van der Waals surface area contributed by atoms with Crippen LogP contribution >= 0.6 is 23.4 Å². The first-order valence-electron chi connectivity index (χ1n) is 8.54. The molecule has 1 aromatic heterocycles. The number of para-hydroxylation sites is 2. The Morgan fingerprint density at radius 1 is 1.21 bits per heavy atom. The summed E-state index contributed by atoms with van der Waals surface area (Å²) in [5.41, 5.74) is 6.91. The van der Waals surface area contributed by atoms with E-state index < -0.39 is 5.91 Å². The number of methoxy groups -OCH3 is 1. The predicted octanol–water partition coefficient (Wildman–Crippen LogP) is 3.27. The number of halogens is 1. The second-order valence-electron chi connectivity index (χ2n) is 5.76. The van der Waals surface area contributed by atoms with Crippen molar-refractivity contribution in [3.05, 3.63) is 53.1 Å². The van der Waals surface area contributed by atoms with Gasteiger partial charge in [0, 0.05) is 11.6 Å². The molecule has 28 heavy (non-hydrogen) atoms. The van der Waals surface area contributed by atoms with Crippen molar-refractivity contribution in [2.45, 2.75) is 18.6 Å². The number of imidazole rings is 1. The molecule has 0 unspecified atom stereocenters. The van der Waals surface area contributed by atoms with Crippen LogP contribution in [0.2, 0.25) is 5.02 Å². The average Bonchev–Trinajstić information content (AvgIpc) is 3.07. The van der Waals surface area contributed by atoms with Crippen molar-refractivity contribution in [1.29, 1.82) is 0 Å². The summed E-state index contributed by atoms with van der Waals surface area (Å²) in [7, 11) is 1.45. The Labute approximate surface area is 171 Å². The van der Waals surface area contributed by atoms with E-state index in [0.717, 1.165) is 22.7 Å². The lowest BCUT2D eigenvalue weighted by atomic mass is 10.2. The Hall–Kier alpha value is -2.71. The molecule has 0 spiro atoms. The van der Waals surface area contributed by atoms with Crippen LogP contribution in [0.25, 0.3) is 11.0 Å². The number of hydrogen-bond acceptors (Lipinski definition) is 5. The fourth-order valence-corrected chi connectivity index (χ4v) is 3.74. The highest BCUT2D eigenvalue weighted by Gasteiger charge is 2.15. The Kier molecular flexibility index (Phi) is 6.43. The van der Waals surface area contributed by atoms with Gasteiger partial charge >= 0.3 is 0 Å². The van der Waals surface area contributed by atoms with Gasteiger partial charge in [0.2, 0.25) is 5.91 Å². The molecule has 0 aliphatic rings. The minimum atomic E-state index is -0.515. The number of hydrazine groups is 1. The van der Waals surface area contributed by atoms with E-state index in [1.807, 2.05) is 35.8 Å². The molecule has 9 heteroatoms. The maximum Gasteiger partial charge on any atom is 0.273 e. The van der Waals surface area contributed by atoms with Crippen molar-refractivity contribution in [2.75, 3.05) is 12.9 Å². The molecule has 2 amide bonds. The van der Waals surface area contributed by atoms with Gasteiger partial charge in [0.15, 0.2) is 5.16 Å². The maximum absolute atomic E-state index is 12.3. The van der Waals surface area contributed by atoms with Crippen LogP contribution in [0, 0.1) is 0 Å². The van der Waals surface area contributed by atoms with Crippen LogP contribution in [-0.2, 0) is 11.3 Å². The van der Waals surface area contributed by atoms with E-state index in [2.05, 4.69) is 15.8 Å². The van der Waals surface area contributed by atoms with Crippen molar-refractivity contribution < 1.29 is 14.3 Å². The molecule has 1 heterocycles. The quantitative estimate of drug-likeness (QED) is 0.474. The number of carbonyl (C=O) groups is 2. The number of ether oxygens (including phenoxy) is 1. The number of amides is 2. The molecular formula is C19H19ClN4O3S. The molecule has 3 aromatic rings. The van der Waals surface area contributed by atoms with E-state index >= 15 is 0 Å². The van der Waals surface area contributed by atoms with Crippen LogP contribution in [0.1, 0.15) is 17.3 Å². The van der Waals surface area contributed by atoms with E-state index in [9.17, 15) is 9.59 Å². The number of fused-ring (bicyclic) bond motifs is 1. The second-order valence-corrected chi connectivity index (χ2v) is 7.14. The number of benzene rings is 2. The molecule has 7 nitrogen and oxygen atoms in total. The van der Waals surface area contributed by atoms with Gasteiger partial charge in [-0.3, -0.25) is 20.4 Å². The van der Waals surface area contributed by atoms with Gasteiger partial charge in [0.1, 0.15) is 5.75 Å². The van der Waals surface area contributed by atoms with Crippen molar-refractivity contribution in [2.24, 2.45) is 0 Å². The first kappa shape index (κ1) is 20.0. The minimum absolute atomic E-state index is 0.107. The van der Waals surface area contributed by atoms with E-state index in [0.29, 0.717) is 10.8 Å². The van der Waals surface area contributed by atoms with E-state index in [-0.39, 0.29) is 17.2 Å². The van der Waals surface area contributed by atoms with Gasteiger partial charge in [-0.2, -0.15) is 0 Å². The molecule has 0 saturated heterocycles. The van der Waals surface area contributed by atoms with Crippen LogP contribution in [0.5, 0.6) is 5.75 Å². The highest BCUT2D eigenvalue weighted by atomic mass is 35.5. The lowest BCUT2D eigenvalue weighted by Crippen LogP contribution is -2.42. The monoisotopic (exact) mass is 418 g/mol. The summed E-state index contributed by atoms with van der Waals surface area (Å²) in [6, 6.07) is 12.5. The van der Waals surface area contributed by atoms with Crippen molar-refractivity contribution in [1.82, 2.24) is 20.4 Å². The van der Waals surface area contributed by atoms with E-state index in [1.54, 1.807) is 12.1 Å². The molecule has 146 valence electrons. The zero-order valence-electron chi connectivity index (χ0n) is 15.4. The fourth-order valence-electron chi connectivity index (χ4n) is 2.69. The SMILES string of the molecule is CCn1c(SCC(=O)NNC(=O)c2cc(Cl)ccc2OC)nc2ccccc21. The van der Waals surface area contributed by atoms with Gasteiger partial charge in [0.25, 0.3) is 5.91 Å². The molecule has 2 N–H and O–H groups in total. The zero-order valence-corrected chi connectivity index (χ0v) is 16.9. The third-order valence-electron chi connectivity index (χ3n) is 3.99. The Balaban J connectivity index is 1.60. The third-order valence-corrected chi connectivity index (χ3v) is 5.20. The second kappa shape index (κ2) is 8.99. The molecule has 3 rings (SSSR count). The maximum atomic E-state index is 12.3. The molecule has 0 fully saturated rings. The van der Waals surface area contributed by atoms with Crippen LogP contribution < -0.4 is 15.6 Å². The highest BCUT2D eigenvalue weighted by molar-refractivity contribution is 7.99. The average molecular weight is 419 g/mol. The summed E-state index contributed by atoms with van der Waals surface area (Å²) in [4.78, 5) is 29.0. The largest absolute Gasteiger partial charge is 0.496 e. The molecule has 2 aromatic carbocycles. The number of nitrogens with one attached hydrogen (secondary N) is 2. The number of aromatic nitrogens is 2. The smallest absolute Gasteiger partial charge is 0.273 e. The lowest BCUT2D eigenvalue weighted by Gasteiger charge is -2.11. The number of hydrogen-bond donors (Lipinski definition) is 2. The van der Waals surface area contributed by atoms with Gasteiger partial charge in [0.05, 0.1) is 29.5 Å². The highest BCUT2D eigenvalue weighted by Crippen LogP contribution is 2.24. The first-order chi connectivity index (χ1) is 13.5. The number of rotatable bonds is 6. The van der Waals surface area contributed by atoms with Crippen molar-refractivity contribution >= 4 is 46.2 Å². The first-order valence-corrected chi connectivity index (χ1v) is 9.90. The minimum Gasteiger partial charge on any atom is -0.496 e. The number of aryl methyl sites for hydroxylation is 1. The Morgan fingerprint density at radius 3 is 2.75 bits per heavy atom. The molecule has 0 saturated carbocycles. The molecule has 0 atom stereocenters. The van der Waals surface area contributed by atoms with Gasteiger partial charge in [-0.25, -0.2) is 4.98 Å². The van der Waals surface area contributed by atoms with Crippen LogP contribution in [0.4, 0.5) is 0 Å². The molecular weight excluding hydrogens is 400 g/mol. The number of thioether (sulfide) groups is 1. The van der Waals surface area contributed by atoms with Gasteiger partial charge < -0.3 is 9.30 Å². The van der Waals surface area contributed by atoms with Crippen LogP contribution in [-0.4, -0.2) is 34.2 Å². The molecule has 0 aliphatic carbocycles. The molecule has 0 radical (unpaired) electrons. The fraction of sp³-hybridized carbons (Fsp3) is 0.211. The predicted molar refractivity (Wildman–Crippen MR) is 110 cm³/mol. The Morgan fingerprint density at radius 2 is 2.00 bits per heavy atom. The van der Waals surface area contributed by atoms with Gasteiger partial charge in [-0.15, -0.1) is 0 Å². The molecule has 0 bridgehead atoms. The van der Waals surface area contributed by atoms with E-state index in [1.165, 1.54) is 24.9 Å². The lowest BCUT2D eigenvalue weighted by molar-refractivity contribution is -0.119. The van der Waals surface area contributed by atoms with Crippen molar-refractivity contribution in [3.8, 4) is 5.75 Å². The number of nitrogens with zero attached hydrogens (tertiary/aromatic N) is 2. The summed E-state index contributed by atoms with van der Waals surface area (Å²) in [5, 5.41) is 1.15. The summed E-state index contributed by atoms with van der Waals surface area (Å²) >= 11 is 7.23. The number of carbonyl (C=O) groups excluding carboxylic acids is 2. The van der Waals surface area contributed by atoms with Crippen LogP contribution in [0.3, 0.4) is 0 Å². The zero-order chi connectivity index (χ0) is 20.1. The Bertz CT molecular complexity index is 1020. The van der Waals surface area contributed by atoms with Crippen LogP contribution in [0.15, 0.2) is 47.6 Å². The molecule has 0 aliphatic heterocycles. The standard InChI is InChI=1S/C19H19ClN4O3S/c1-3-24-15-7-5-4-6-14(15)21-19(24)28-11-17(25)22-23-18(26)13-10-12(20)8-9-16(13)27-2/h4-10H,3,11H2,1-2H3,(H,22,25)(H,23,26). The summed E-state index contributed by atoms with van der Waals surface area (Å²) < 4.78 is 7.18. The van der Waals surface area contributed by atoms with Gasteiger partial charge in [-0.1, -0.05) is 35.5 Å². The third kappa shape index (κ3) is 4.40. The van der Waals surface area contributed by atoms with E-state index in [4.69, 9.17) is 16.3 Å².